The van der Waals surface area contributed by atoms with Crippen LogP contribution < -0.4 is 4.90 Å². The van der Waals surface area contributed by atoms with Crippen LogP contribution in [0.5, 0.6) is 0 Å². The van der Waals surface area contributed by atoms with Crippen LogP contribution in [0.2, 0.25) is 0 Å². The molecule has 1 aromatic carbocycles. The summed E-state index contributed by atoms with van der Waals surface area (Å²) in [6, 6.07) is 4.56. The number of carbonyl (C=O) groups excluding carboxylic acids is 2. The number of carbonyl (C=O) groups is 2. The van der Waals surface area contributed by atoms with Crippen molar-refractivity contribution in [3.8, 4) is 0 Å². The molecule has 7 heteroatoms. The molecule has 0 N–H and O–H groups in total. The van der Waals surface area contributed by atoms with Gasteiger partial charge in [-0.3, -0.25) is 9.59 Å². The Balaban J connectivity index is 1.86. The Morgan fingerprint density at radius 2 is 1.74 bits per heavy atom. The summed E-state index contributed by atoms with van der Waals surface area (Å²) in [7, 11) is 1.51. The van der Waals surface area contributed by atoms with Crippen LogP contribution in [0.4, 0.5) is 10.1 Å². The van der Waals surface area contributed by atoms with Crippen LogP contribution in [-0.4, -0.2) is 68.1 Å². The van der Waals surface area contributed by atoms with E-state index < -0.39 is 0 Å². The van der Waals surface area contributed by atoms with E-state index in [1.807, 2.05) is 4.90 Å². The minimum atomic E-state index is -0.351. The van der Waals surface area contributed by atoms with Crippen molar-refractivity contribution in [2.45, 2.75) is 71.8 Å². The van der Waals surface area contributed by atoms with Crippen molar-refractivity contribution >= 4 is 17.5 Å². The maximum absolute atomic E-state index is 14.3. The molecule has 0 spiro atoms. The molecule has 0 radical (unpaired) electrons. The number of benzene rings is 1. The van der Waals surface area contributed by atoms with Crippen molar-refractivity contribution in [2.75, 3.05) is 51.3 Å². The van der Waals surface area contributed by atoms with Gasteiger partial charge in [0.25, 0.3) is 5.91 Å². The standard InChI is InChI=1S/C28H44FN3O3/c1-22(2)19-30-14-6-16-31(27(33)13-10-23-8-4-5-9-23)20-24-18-25(29)11-12-26(24)32(17-7-15-30)28(34)21-35-3/h11-12,18,22-23H,4-10,13-17,19-21H2,1-3H3. The minimum absolute atomic E-state index is 0.0312. The van der Waals surface area contributed by atoms with Gasteiger partial charge in [-0.15, -0.1) is 0 Å². The summed E-state index contributed by atoms with van der Waals surface area (Å²) in [6.07, 6.45) is 8.17. The zero-order valence-electron chi connectivity index (χ0n) is 21.9. The fraction of sp³-hybridized carbons (Fsp3) is 0.714. The van der Waals surface area contributed by atoms with E-state index in [2.05, 4.69) is 18.7 Å². The van der Waals surface area contributed by atoms with Crippen LogP contribution in [0.1, 0.15) is 70.8 Å². The van der Waals surface area contributed by atoms with Crippen molar-refractivity contribution in [2.24, 2.45) is 11.8 Å². The number of methoxy groups -OCH3 is 1. The Hall–Kier alpha value is -1.99. The van der Waals surface area contributed by atoms with E-state index in [4.69, 9.17) is 4.74 Å². The van der Waals surface area contributed by atoms with Crippen LogP contribution in [0.15, 0.2) is 18.2 Å². The average Bonchev–Trinajstić information content (AvgIpc) is 3.33. The lowest BCUT2D eigenvalue weighted by molar-refractivity contribution is -0.132. The van der Waals surface area contributed by atoms with Gasteiger partial charge >= 0.3 is 0 Å². The lowest BCUT2D eigenvalue weighted by Crippen LogP contribution is -2.40. The predicted molar refractivity (Wildman–Crippen MR) is 138 cm³/mol. The van der Waals surface area contributed by atoms with Crippen molar-refractivity contribution in [1.82, 2.24) is 9.80 Å². The number of anilines is 1. The number of fused-ring (bicyclic) bond motifs is 1. The Labute approximate surface area is 210 Å². The van der Waals surface area contributed by atoms with Gasteiger partial charge in [-0.1, -0.05) is 39.5 Å². The van der Waals surface area contributed by atoms with E-state index >= 15 is 0 Å². The monoisotopic (exact) mass is 489 g/mol. The second kappa shape index (κ2) is 13.9. The number of hydrogen-bond donors (Lipinski definition) is 0. The Kier molecular flexibility index (Phi) is 11.0. The van der Waals surface area contributed by atoms with Crippen molar-refractivity contribution in [1.29, 1.82) is 0 Å². The SMILES string of the molecule is COCC(=O)N1CCCN(CC(C)C)CCCN(C(=O)CCC2CCCC2)Cc2cc(F)ccc21. The number of halogens is 1. The number of ether oxygens (including phenoxy) is 1. The van der Waals surface area contributed by atoms with E-state index in [1.165, 1.54) is 44.9 Å². The molecular formula is C28H44FN3O3. The molecule has 0 unspecified atom stereocenters. The van der Waals surface area contributed by atoms with E-state index in [0.29, 0.717) is 49.1 Å². The smallest absolute Gasteiger partial charge is 0.252 e. The molecule has 2 aliphatic rings. The number of nitrogens with zero attached hydrogens (tertiary/aromatic N) is 3. The van der Waals surface area contributed by atoms with Crippen LogP contribution >= 0.6 is 0 Å². The van der Waals surface area contributed by atoms with Crippen molar-refractivity contribution in [3.05, 3.63) is 29.6 Å². The molecular weight excluding hydrogens is 445 g/mol. The number of amides is 2. The molecule has 196 valence electrons. The fourth-order valence-corrected chi connectivity index (χ4v) is 5.56. The first kappa shape index (κ1) is 27.6. The first-order valence-corrected chi connectivity index (χ1v) is 13.4. The van der Waals surface area contributed by atoms with Gasteiger partial charge in [-0.05, 0) is 68.0 Å². The summed E-state index contributed by atoms with van der Waals surface area (Å²) in [5.74, 6) is 0.833. The highest BCUT2D eigenvalue weighted by Gasteiger charge is 2.24. The molecule has 0 aromatic heterocycles. The topological polar surface area (TPSA) is 53.1 Å². The van der Waals surface area contributed by atoms with Gasteiger partial charge in [-0.2, -0.15) is 0 Å². The molecule has 1 saturated carbocycles. The van der Waals surface area contributed by atoms with Gasteiger partial charge in [-0.25, -0.2) is 4.39 Å². The average molecular weight is 490 g/mol. The Morgan fingerprint density at radius 1 is 1.03 bits per heavy atom. The molecule has 1 heterocycles. The third kappa shape index (κ3) is 8.57. The largest absolute Gasteiger partial charge is 0.375 e. The van der Waals surface area contributed by atoms with Gasteiger partial charge in [0.1, 0.15) is 12.4 Å². The highest BCUT2D eigenvalue weighted by atomic mass is 19.1. The molecule has 0 atom stereocenters. The van der Waals surface area contributed by atoms with Gasteiger partial charge in [0, 0.05) is 45.4 Å². The van der Waals surface area contributed by atoms with E-state index in [1.54, 1.807) is 11.0 Å². The summed E-state index contributed by atoms with van der Waals surface area (Å²) >= 11 is 0. The zero-order chi connectivity index (χ0) is 25.2. The molecule has 0 bridgehead atoms. The van der Waals surface area contributed by atoms with Crippen LogP contribution in [0.3, 0.4) is 0 Å². The van der Waals surface area contributed by atoms with Crippen molar-refractivity contribution < 1.29 is 18.7 Å². The maximum Gasteiger partial charge on any atom is 0.252 e. The van der Waals surface area contributed by atoms with Gasteiger partial charge in [0.15, 0.2) is 0 Å². The second-order valence-electron chi connectivity index (χ2n) is 10.7. The third-order valence-electron chi connectivity index (χ3n) is 7.24. The number of rotatable bonds is 7. The van der Waals surface area contributed by atoms with Crippen LogP contribution in [0, 0.1) is 17.7 Å². The molecule has 35 heavy (non-hydrogen) atoms. The summed E-state index contributed by atoms with van der Waals surface area (Å²) in [5, 5.41) is 0. The Bertz CT molecular complexity index is 826. The molecule has 6 nitrogen and oxygen atoms in total. The van der Waals surface area contributed by atoms with Gasteiger partial charge in [0.2, 0.25) is 5.91 Å². The molecule has 1 aliphatic heterocycles. The van der Waals surface area contributed by atoms with Gasteiger partial charge < -0.3 is 19.4 Å². The molecule has 1 aromatic rings. The van der Waals surface area contributed by atoms with E-state index in [0.717, 1.165) is 38.9 Å². The highest BCUT2D eigenvalue weighted by molar-refractivity contribution is 5.95. The summed E-state index contributed by atoms with van der Waals surface area (Å²) in [5.41, 5.74) is 1.36. The molecule has 3 rings (SSSR count). The van der Waals surface area contributed by atoms with E-state index in [9.17, 15) is 14.0 Å². The normalized spacial score (nSPS) is 18.9. The first-order chi connectivity index (χ1) is 16.9. The highest BCUT2D eigenvalue weighted by Crippen LogP contribution is 2.30. The zero-order valence-corrected chi connectivity index (χ0v) is 21.9. The lowest BCUT2D eigenvalue weighted by atomic mass is 10.0. The second-order valence-corrected chi connectivity index (χ2v) is 10.7. The molecule has 2 amide bonds. The van der Waals surface area contributed by atoms with Crippen LogP contribution in [-0.2, 0) is 20.9 Å². The predicted octanol–water partition coefficient (Wildman–Crippen LogP) is 4.86. The Morgan fingerprint density at radius 3 is 2.43 bits per heavy atom. The summed E-state index contributed by atoms with van der Waals surface area (Å²) in [6.45, 7) is 8.67. The molecule has 0 saturated heterocycles. The first-order valence-electron chi connectivity index (χ1n) is 13.4. The number of hydrogen-bond acceptors (Lipinski definition) is 4. The summed E-state index contributed by atoms with van der Waals surface area (Å²) < 4.78 is 19.5. The van der Waals surface area contributed by atoms with Crippen LogP contribution in [0.25, 0.3) is 0 Å². The lowest BCUT2D eigenvalue weighted by Gasteiger charge is -2.32. The fourth-order valence-electron chi connectivity index (χ4n) is 5.56. The molecule has 1 fully saturated rings. The molecule has 1 aliphatic carbocycles. The van der Waals surface area contributed by atoms with Gasteiger partial charge in [0.05, 0.1) is 0 Å². The maximum atomic E-state index is 14.3. The van der Waals surface area contributed by atoms with E-state index in [-0.39, 0.29) is 24.2 Å². The minimum Gasteiger partial charge on any atom is -0.375 e. The summed E-state index contributed by atoms with van der Waals surface area (Å²) in [4.78, 5) is 32.4. The van der Waals surface area contributed by atoms with Crippen molar-refractivity contribution in [3.63, 3.8) is 0 Å². The quantitative estimate of drug-likeness (QED) is 0.549. The third-order valence-corrected chi connectivity index (χ3v) is 7.24.